The normalized spacial score (nSPS) is 14.8. The van der Waals surface area contributed by atoms with Gasteiger partial charge < -0.3 is 13.9 Å². The van der Waals surface area contributed by atoms with Crippen molar-refractivity contribution in [1.29, 1.82) is 0 Å². The molecule has 1 N–H and O–H groups in total. The Hall–Kier alpha value is -2.81. The molecule has 8 heteroatoms. The molecule has 6 nitrogen and oxygen atoms in total. The van der Waals surface area contributed by atoms with Crippen molar-refractivity contribution in [2.24, 2.45) is 0 Å². The van der Waals surface area contributed by atoms with Crippen LogP contribution in [0.4, 0.5) is 0 Å². The van der Waals surface area contributed by atoms with Gasteiger partial charge in [-0.2, -0.15) is 4.72 Å². The fraction of sp³-hybridized carbons (Fsp3) is 0.167. The van der Waals surface area contributed by atoms with Crippen molar-refractivity contribution in [2.45, 2.75) is 17.4 Å². The summed E-state index contributed by atoms with van der Waals surface area (Å²) in [7, 11) is -3.92. The first-order valence-electron chi connectivity index (χ1n) is 10.2. The van der Waals surface area contributed by atoms with Crippen LogP contribution in [-0.2, 0) is 10.0 Å². The lowest BCUT2D eigenvalue weighted by atomic mass is 10.1. The van der Waals surface area contributed by atoms with Crippen LogP contribution in [0, 0.1) is 0 Å². The van der Waals surface area contributed by atoms with Crippen LogP contribution in [0.1, 0.15) is 23.8 Å². The molecule has 1 aliphatic rings. The number of ether oxygens (including phenoxy) is 2. The minimum atomic E-state index is -3.92. The number of para-hydroxylation sites is 1. The largest absolute Gasteiger partial charge is 0.490 e. The SMILES string of the molecule is O=S(=O)(N[C@@H](c1cc2ccccc2o1)c1ccccc1Br)c1ccc2c(c1)OCCCO2. The zero-order valence-corrected chi connectivity index (χ0v) is 19.4. The smallest absolute Gasteiger partial charge is 0.241 e. The topological polar surface area (TPSA) is 77.8 Å². The number of hydrogen-bond donors (Lipinski definition) is 1. The lowest BCUT2D eigenvalue weighted by Crippen LogP contribution is -2.29. The van der Waals surface area contributed by atoms with E-state index in [9.17, 15) is 8.42 Å². The summed E-state index contributed by atoms with van der Waals surface area (Å²) < 4.78 is 47.8. The van der Waals surface area contributed by atoms with Crippen molar-refractivity contribution in [3.05, 3.63) is 88.6 Å². The number of fused-ring (bicyclic) bond motifs is 2. The Morgan fingerprint density at radius 3 is 2.44 bits per heavy atom. The standard InChI is InChI=1S/C24H20BrNO5S/c25-19-8-3-2-7-18(19)24(23-14-16-6-1-4-9-20(16)31-23)26-32(27,28)17-10-11-21-22(15-17)30-13-5-12-29-21/h1-4,6-11,14-15,24,26H,5,12-13H2/t24-/m1/s1. The highest BCUT2D eigenvalue weighted by molar-refractivity contribution is 9.10. The van der Waals surface area contributed by atoms with E-state index < -0.39 is 16.1 Å². The van der Waals surface area contributed by atoms with Crippen LogP contribution in [0.2, 0.25) is 0 Å². The summed E-state index contributed by atoms with van der Waals surface area (Å²) in [6, 6.07) is 20.8. The van der Waals surface area contributed by atoms with E-state index in [-0.39, 0.29) is 4.90 Å². The van der Waals surface area contributed by atoms with Crippen LogP contribution in [-0.4, -0.2) is 21.6 Å². The highest BCUT2D eigenvalue weighted by Crippen LogP contribution is 2.35. The van der Waals surface area contributed by atoms with Crippen molar-refractivity contribution in [3.63, 3.8) is 0 Å². The van der Waals surface area contributed by atoms with E-state index in [4.69, 9.17) is 13.9 Å². The molecule has 0 bridgehead atoms. The van der Waals surface area contributed by atoms with Gasteiger partial charge in [0.05, 0.1) is 18.1 Å². The Bertz CT molecular complexity index is 1350. The van der Waals surface area contributed by atoms with Gasteiger partial charge in [0, 0.05) is 22.3 Å². The molecule has 32 heavy (non-hydrogen) atoms. The average molecular weight is 514 g/mol. The predicted octanol–water partition coefficient (Wildman–Crippen LogP) is 5.42. The number of halogens is 1. The summed E-state index contributed by atoms with van der Waals surface area (Å²) in [5.74, 6) is 1.46. The number of benzene rings is 3. The van der Waals surface area contributed by atoms with Gasteiger partial charge in [-0.05, 0) is 35.9 Å². The maximum atomic E-state index is 13.4. The summed E-state index contributed by atoms with van der Waals surface area (Å²) in [6.07, 6.45) is 0.741. The van der Waals surface area contributed by atoms with Gasteiger partial charge in [-0.25, -0.2) is 8.42 Å². The monoisotopic (exact) mass is 513 g/mol. The highest BCUT2D eigenvalue weighted by Gasteiger charge is 2.28. The van der Waals surface area contributed by atoms with Gasteiger partial charge in [0.1, 0.15) is 17.4 Å². The second kappa shape index (κ2) is 8.61. The molecule has 1 aliphatic heterocycles. The molecule has 0 unspecified atom stereocenters. The van der Waals surface area contributed by atoms with Crippen molar-refractivity contribution in [2.75, 3.05) is 13.2 Å². The third-order valence-electron chi connectivity index (χ3n) is 5.25. The van der Waals surface area contributed by atoms with E-state index in [0.29, 0.717) is 36.1 Å². The fourth-order valence-corrected chi connectivity index (χ4v) is 5.38. The molecule has 0 radical (unpaired) electrons. The van der Waals surface area contributed by atoms with Gasteiger partial charge in [-0.1, -0.05) is 52.3 Å². The maximum absolute atomic E-state index is 13.4. The Balaban J connectivity index is 1.56. The molecule has 0 saturated carbocycles. The van der Waals surface area contributed by atoms with E-state index in [0.717, 1.165) is 21.8 Å². The van der Waals surface area contributed by atoms with E-state index >= 15 is 0 Å². The zero-order valence-electron chi connectivity index (χ0n) is 17.0. The molecular formula is C24H20BrNO5S. The molecule has 0 fully saturated rings. The van der Waals surface area contributed by atoms with E-state index in [2.05, 4.69) is 20.7 Å². The summed E-state index contributed by atoms with van der Waals surface area (Å²) in [4.78, 5) is 0.0925. The number of rotatable bonds is 5. The fourth-order valence-electron chi connectivity index (χ4n) is 3.66. The molecule has 1 aromatic heterocycles. The summed E-state index contributed by atoms with van der Waals surface area (Å²) in [5.41, 5.74) is 1.43. The molecule has 0 amide bonds. The second-order valence-corrected chi connectivity index (χ2v) is 9.99. The van der Waals surface area contributed by atoms with Crippen LogP contribution in [0.15, 0.2) is 86.6 Å². The highest BCUT2D eigenvalue weighted by atomic mass is 79.9. The molecule has 0 saturated heterocycles. The third-order valence-corrected chi connectivity index (χ3v) is 7.39. The Labute approximate surface area is 194 Å². The molecule has 0 spiro atoms. The van der Waals surface area contributed by atoms with E-state index in [1.807, 2.05) is 54.6 Å². The van der Waals surface area contributed by atoms with Gasteiger partial charge in [0.2, 0.25) is 10.0 Å². The second-order valence-electron chi connectivity index (χ2n) is 7.42. The van der Waals surface area contributed by atoms with Crippen LogP contribution >= 0.6 is 15.9 Å². The van der Waals surface area contributed by atoms with Crippen molar-refractivity contribution in [3.8, 4) is 11.5 Å². The van der Waals surface area contributed by atoms with Crippen molar-refractivity contribution >= 4 is 36.9 Å². The van der Waals surface area contributed by atoms with Gasteiger partial charge in [-0.15, -0.1) is 0 Å². The zero-order chi connectivity index (χ0) is 22.1. The Kier molecular flexibility index (Phi) is 5.67. The summed E-state index contributed by atoms with van der Waals surface area (Å²) >= 11 is 3.55. The Morgan fingerprint density at radius 1 is 0.875 bits per heavy atom. The minimum Gasteiger partial charge on any atom is -0.490 e. The first-order chi connectivity index (χ1) is 15.5. The molecule has 1 atom stereocenters. The lowest BCUT2D eigenvalue weighted by molar-refractivity contribution is 0.297. The number of furan rings is 1. The van der Waals surface area contributed by atoms with Gasteiger partial charge in [0.25, 0.3) is 0 Å². The minimum absolute atomic E-state index is 0.0925. The van der Waals surface area contributed by atoms with Crippen molar-refractivity contribution < 1.29 is 22.3 Å². The molecule has 5 rings (SSSR count). The van der Waals surface area contributed by atoms with Crippen molar-refractivity contribution in [1.82, 2.24) is 4.72 Å². The first kappa shape index (κ1) is 21.1. The average Bonchev–Trinajstić information content (AvgIpc) is 3.08. The third kappa shape index (κ3) is 4.13. The molecule has 4 aromatic rings. The summed E-state index contributed by atoms with van der Waals surface area (Å²) in [5, 5.41) is 0.898. The first-order valence-corrected chi connectivity index (χ1v) is 12.4. The predicted molar refractivity (Wildman–Crippen MR) is 125 cm³/mol. The quantitative estimate of drug-likeness (QED) is 0.385. The van der Waals surface area contributed by atoms with Gasteiger partial charge in [-0.3, -0.25) is 0 Å². The number of nitrogens with one attached hydrogen (secondary N) is 1. The van der Waals surface area contributed by atoms with E-state index in [1.54, 1.807) is 6.07 Å². The molecule has 0 aliphatic carbocycles. The maximum Gasteiger partial charge on any atom is 0.241 e. The molecule has 164 valence electrons. The molecular weight excluding hydrogens is 494 g/mol. The molecule has 2 heterocycles. The van der Waals surface area contributed by atoms with Crippen LogP contribution in [0.5, 0.6) is 11.5 Å². The molecule has 3 aromatic carbocycles. The number of sulfonamides is 1. The lowest BCUT2D eigenvalue weighted by Gasteiger charge is -2.19. The van der Waals surface area contributed by atoms with Crippen LogP contribution < -0.4 is 14.2 Å². The Morgan fingerprint density at radius 2 is 1.62 bits per heavy atom. The van der Waals surface area contributed by atoms with E-state index in [1.165, 1.54) is 12.1 Å². The summed E-state index contributed by atoms with van der Waals surface area (Å²) in [6.45, 7) is 1.01. The van der Waals surface area contributed by atoms with Crippen LogP contribution in [0.3, 0.4) is 0 Å². The van der Waals surface area contributed by atoms with Crippen LogP contribution in [0.25, 0.3) is 11.0 Å². The number of hydrogen-bond acceptors (Lipinski definition) is 5. The van der Waals surface area contributed by atoms with Gasteiger partial charge in [0.15, 0.2) is 11.5 Å². The van der Waals surface area contributed by atoms with Gasteiger partial charge >= 0.3 is 0 Å².